The van der Waals surface area contributed by atoms with Crippen LogP contribution in [-0.2, 0) is 9.59 Å². The predicted octanol–water partition coefficient (Wildman–Crippen LogP) is 3.72. The highest BCUT2D eigenvalue weighted by atomic mass is 16.5. The summed E-state index contributed by atoms with van der Waals surface area (Å²) in [4.78, 5) is 24.1. The molecule has 0 radical (unpaired) electrons. The fourth-order valence-corrected chi connectivity index (χ4v) is 3.92. The van der Waals surface area contributed by atoms with Crippen LogP contribution in [0.5, 0.6) is 5.75 Å². The van der Waals surface area contributed by atoms with Crippen LogP contribution in [0.3, 0.4) is 0 Å². The number of hydrogen-bond donors (Lipinski definition) is 2. The summed E-state index contributed by atoms with van der Waals surface area (Å²) in [5.41, 5.74) is 0.668. The van der Waals surface area contributed by atoms with Crippen molar-refractivity contribution in [2.45, 2.75) is 32.6 Å². The molecular formula is C20H25NO4. The Morgan fingerprint density at radius 1 is 1.12 bits per heavy atom. The van der Waals surface area contributed by atoms with E-state index in [9.17, 15) is 14.7 Å². The van der Waals surface area contributed by atoms with Crippen LogP contribution in [0.25, 0.3) is 0 Å². The number of ether oxygens (including phenoxy) is 1. The van der Waals surface area contributed by atoms with Crippen molar-refractivity contribution in [1.82, 2.24) is 0 Å². The van der Waals surface area contributed by atoms with Crippen molar-refractivity contribution in [3.05, 3.63) is 36.4 Å². The summed E-state index contributed by atoms with van der Waals surface area (Å²) in [6.45, 7) is 2.84. The number of carbonyl (C=O) groups is 2. The second-order valence-corrected chi connectivity index (χ2v) is 6.91. The van der Waals surface area contributed by atoms with Crippen LogP contribution in [0.4, 0.5) is 5.69 Å². The molecule has 2 aliphatic rings. The van der Waals surface area contributed by atoms with Gasteiger partial charge in [0.2, 0.25) is 5.91 Å². The SMILES string of the molecule is CCCCCOc1ccc(NC(=O)[C@@H]2[C@H](C(=O)O)[C@H]3C=C[C@H]2C3)cc1. The minimum Gasteiger partial charge on any atom is -0.494 e. The molecule has 1 amide bonds. The Labute approximate surface area is 148 Å². The number of unbranched alkanes of at least 4 members (excludes halogenated alkanes) is 2. The smallest absolute Gasteiger partial charge is 0.307 e. The quantitative estimate of drug-likeness (QED) is 0.557. The zero-order valence-corrected chi connectivity index (χ0v) is 14.5. The van der Waals surface area contributed by atoms with Crippen molar-refractivity contribution in [2.24, 2.45) is 23.7 Å². The fraction of sp³-hybridized carbons (Fsp3) is 0.500. The Bertz CT molecular complexity index is 652. The summed E-state index contributed by atoms with van der Waals surface area (Å²) < 4.78 is 5.66. The van der Waals surface area contributed by atoms with Crippen molar-refractivity contribution in [3.63, 3.8) is 0 Å². The number of carboxylic acid groups (broad SMARTS) is 1. The summed E-state index contributed by atoms with van der Waals surface area (Å²) in [6.07, 6.45) is 8.03. The summed E-state index contributed by atoms with van der Waals surface area (Å²) >= 11 is 0. The van der Waals surface area contributed by atoms with Gasteiger partial charge in [-0.2, -0.15) is 0 Å². The van der Waals surface area contributed by atoms with E-state index in [1.165, 1.54) is 0 Å². The standard InChI is InChI=1S/C20H25NO4/c1-2-3-4-11-25-16-9-7-15(8-10-16)21-19(22)17-13-5-6-14(12-13)18(17)20(23)24/h5-10,13-14,17-18H,2-4,11-12H2,1H3,(H,21,22)(H,23,24)/t13-,14-,17-,18+/m0/s1. The van der Waals surface area contributed by atoms with E-state index in [-0.39, 0.29) is 17.7 Å². The third-order valence-electron chi connectivity index (χ3n) is 5.19. The second kappa shape index (κ2) is 7.72. The maximum absolute atomic E-state index is 12.6. The molecule has 1 saturated carbocycles. The van der Waals surface area contributed by atoms with E-state index in [0.717, 1.165) is 31.4 Å². The van der Waals surface area contributed by atoms with E-state index in [0.29, 0.717) is 12.3 Å². The van der Waals surface area contributed by atoms with Gasteiger partial charge in [-0.15, -0.1) is 0 Å². The van der Waals surface area contributed by atoms with Crippen molar-refractivity contribution in [2.75, 3.05) is 11.9 Å². The molecule has 0 aromatic heterocycles. The molecule has 0 saturated heterocycles. The van der Waals surface area contributed by atoms with E-state index >= 15 is 0 Å². The Morgan fingerprint density at radius 2 is 1.80 bits per heavy atom. The summed E-state index contributed by atoms with van der Waals surface area (Å²) in [7, 11) is 0. The Kier molecular flexibility index (Phi) is 5.41. The van der Waals surface area contributed by atoms with Gasteiger partial charge in [0.25, 0.3) is 0 Å². The predicted molar refractivity (Wildman–Crippen MR) is 95.4 cm³/mol. The zero-order valence-electron chi connectivity index (χ0n) is 14.5. The molecule has 0 aliphatic heterocycles. The number of allylic oxidation sites excluding steroid dienone is 2. The lowest BCUT2D eigenvalue weighted by molar-refractivity contribution is -0.146. The molecule has 4 atom stereocenters. The molecule has 5 heteroatoms. The first-order chi connectivity index (χ1) is 12.1. The average Bonchev–Trinajstić information content (AvgIpc) is 3.21. The third-order valence-corrected chi connectivity index (χ3v) is 5.19. The molecule has 1 aromatic carbocycles. The Hall–Kier alpha value is -2.30. The summed E-state index contributed by atoms with van der Waals surface area (Å²) in [5, 5.41) is 12.3. The van der Waals surface area contributed by atoms with E-state index in [4.69, 9.17) is 4.74 Å². The Balaban J connectivity index is 1.58. The van der Waals surface area contributed by atoms with Gasteiger partial charge in [-0.05, 0) is 48.9 Å². The number of benzene rings is 1. The highest BCUT2D eigenvalue weighted by Crippen LogP contribution is 2.48. The maximum Gasteiger partial charge on any atom is 0.307 e. The molecule has 3 rings (SSSR count). The van der Waals surface area contributed by atoms with Crippen molar-refractivity contribution < 1.29 is 19.4 Å². The highest BCUT2D eigenvalue weighted by Gasteiger charge is 2.51. The fourth-order valence-electron chi connectivity index (χ4n) is 3.92. The molecule has 5 nitrogen and oxygen atoms in total. The average molecular weight is 343 g/mol. The van der Waals surface area contributed by atoms with Gasteiger partial charge < -0.3 is 15.2 Å². The van der Waals surface area contributed by atoms with Crippen LogP contribution < -0.4 is 10.1 Å². The van der Waals surface area contributed by atoms with Crippen molar-refractivity contribution >= 4 is 17.6 Å². The largest absolute Gasteiger partial charge is 0.494 e. The monoisotopic (exact) mass is 343 g/mol. The summed E-state index contributed by atoms with van der Waals surface area (Å²) in [5.74, 6) is -1.40. The van der Waals surface area contributed by atoms with E-state index in [2.05, 4.69) is 12.2 Å². The zero-order chi connectivity index (χ0) is 17.8. The number of fused-ring (bicyclic) bond motifs is 2. The van der Waals surface area contributed by atoms with E-state index < -0.39 is 17.8 Å². The highest BCUT2D eigenvalue weighted by molar-refractivity contribution is 5.96. The molecule has 134 valence electrons. The van der Waals surface area contributed by atoms with Gasteiger partial charge in [-0.3, -0.25) is 9.59 Å². The van der Waals surface area contributed by atoms with Gasteiger partial charge in [0.1, 0.15) is 5.75 Å². The number of amides is 1. The number of aliphatic carboxylic acids is 1. The van der Waals surface area contributed by atoms with Crippen LogP contribution in [0.2, 0.25) is 0 Å². The van der Waals surface area contributed by atoms with Crippen LogP contribution in [0.15, 0.2) is 36.4 Å². The lowest BCUT2D eigenvalue weighted by atomic mass is 9.82. The maximum atomic E-state index is 12.6. The normalized spacial score (nSPS) is 26.6. The van der Waals surface area contributed by atoms with Gasteiger partial charge in [-0.25, -0.2) is 0 Å². The van der Waals surface area contributed by atoms with E-state index in [1.807, 2.05) is 24.3 Å². The van der Waals surface area contributed by atoms with Crippen LogP contribution >= 0.6 is 0 Å². The first-order valence-corrected chi connectivity index (χ1v) is 9.05. The number of carbonyl (C=O) groups excluding carboxylic acids is 1. The lowest BCUT2D eigenvalue weighted by Gasteiger charge is -2.23. The van der Waals surface area contributed by atoms with Crippen LogP contribution in [0, 0.1) is 23.7 Å². The van der Waals surface area contributed by atoms with Gasteiger partial charge in [-0.1, -0.05) is 31.9 Å². The van der Waals surface area contributed by atoms with Crippen molar-refractivity contribution in [3.8, 4) is 5.75 Å². The lowest BCUT2D eigenvalue weighted by Crippen LogP contribution is -2.36. The molecule has 2 bridgehead atoms. The summed E-state index contributed by atoms with van der Waals surface area (Å²) in [6, 6.07) is 7.26. The molecule has 0 heterocycles. The first-order valence-electron chi connectivity index (χ1n) is 9.05. The van der Waals surface area contributed by atoms with Gasteiger partial charge in [0, 0.05) is 5.69 Å². The number of carboxylic acids is 1. The van der Waals surface area contributed by atoms with Gasteiger partial charge in [0.15, 0.2) is 0 Å². The van der Waals surface area contributed by atoms with Gasteiger partial charge in [0.05, 0.1) is 18.4 Å². The number of nitrogens with one attached hydrogen (secondary N) is 1. The molecule has 2 aliphatic carbocycles. The number of anilines is 1. The van der Waals surface area contributed by atoms with Gasteiger partial charge >= 0.3 is 5.97 Å². The van der Waals surface area contributed by atoms with Crippen LogP contribution in [0.1, 0.15) is 32.6 Å². The first kappa shape index (κ1) is 17.5. The van der Waals surface area contributed by atoms with E-state index in [1.54, 1.807) is 12.1 Å². The van der Waals surface area contributed by atoms with Crippen molar-refractivity contribution in [1.29, 1.82) is 0 Å². The van der Waals surface area contributed by atoms with Crippen LogP contribution in [-0.4, -0.2) is 23.6 Å². The number of rotatable bonds is 8. The minimum absolute atomic E-state index is 0.0165. The topological polar surface area (TPSA) is 75.6 Å². The molecule has 2 N–H and O–H groups in total. The minimum atomic E-state index is -0.882. The second-order valence-electron chi connectivity index (χ2n) is 6.91. The molecule has 1 aromatic rings. The molecule has 0 spiro atoms. The Morgan fingerprint density at radius 3 is 2.44 bits per heavy atom. The number of hydrogen-bond acceptors (Lipinski definition) is 3. The molecular weight excluding hydrogens is 318 g/mol. The molecule has 1 fully saturated rings. The molecule has 0 unspecified atom stereocenters. The molecule has 25 heavy (non-hydrogen) atoms. The third kappa shape index (κ3) is 3.86.